The van der Waals surface area contributed by atoms with Crippen molar-refractivity contribution >= 4 is 34.8 Å². The molecule has 1 aromatic rings. The van der Waals surface area contributed by atoms with Gasteiger partial charge >= 0.3 is 0 Å². The highest BCUT2D eigenvalue weighted by molar-refractivity contribution is 6.40. The van der Waals surface area contributed by atoms with Gasteiger partial charge in [-0.15, -0.1) is 0 Å². The highest BCUT2D eigenvalue weighted by Crippen LogP contribution is 2.33. The largest absolute Gasteiger partial charge is 0.322 e. The first-order valence-corrected chi connectivity index (χ1v) is 6.29. The molecule has 0 bridgehead atoms. The second-order valence-electron chi connectivity index (χ2n) is 4.39. The van der Waals surface area contributed by atoms with E-state index in [1.165, 1.54) is 0 Å². The Bertz CT molecular complexity index is 506. The first-order chi connectivity index (χ1) is 8.38. The van der Waals surface area contributed by atoms with Gasteiger partial charge in [0.15, 0.2) is 0 Å². The van der Waals surface area contributed by atoms with Crippen LogP contribution in [0.5, 0.6) is 0 Å². The molecule has 1 atom stereocenters. The number of hydrogen-bond donors (Lipinski definition) is 1. The molecule has 0 aromatic heterocycles. The first-order valence-electron chi connectivity index (χ1n) is 5.53. The van der Waals surface area contributed by atoms with Crippen molar-refractivity contribution in [1.29, 1.82) is 5.26 Å². The molecule has 1 rings (SSSR count). The number of aryl methyl sites for hydroxylation is 1. The van der Waals surface area contributed by atoms with Gasteiger partial charge in [-0.25, -0.2) is 0 Å². The lowest BCUT2D eigenvalue weighted by atomic mass is 9.96. The van der Waals surface area contributed by atoms with Gasteiger partial charge in [-0.3, -0.25) is 4.79 Å². The SMILES string of the molecule is Cc1ccc(Cl)c(NC(=O)C(C#N)C(C)C)c1Cl. The average Bonchev–Trinajstić information content (AvgIpc) is 2.30. The number of anilines is 1. The van der Waals surface area contributed by atoms with E-state index in [2.05, 4.69) is 5.32 Å². The number of nitriles is 1. The van der Waals surface area contributed by atoms with E-state index in [-0.39, 0.29) is 11.8 Å². The standard InChI is InChI=1S/C13H14Cl2N2O/c1-7(2)9(6-16)13(18)17-12-10(14)5-4-8(3)11(12)15/h4-5,7,9H,1-3H3,(H,17,18). The van der Waals surface area contributed by atoms with Crippen LogP contribution in [0.2, 0.25) is 10.0 Å². The lowest BCUT2D eigenvalue weighted by Crippen LogP contribution is -2.26. The van der Waals surface area contributed by atoms with Crippen LogP contribution >= 0.6 is 23.2 Å². The molecule has 0 aliphatic heterocycles. The van der Waals surface area contributed by atoms with Gasteiger partial charge in [-0.1, -0.05) is 43.1 Å². The number of nitrogens with one attached hydrogen (secondary N) is 1. The molecule has 0 spiro atoms. The molecule has 0 fully saturated rings. The van der Waals surface area contributed by atoms with Crippen LogP contribution in [0, 0.1) is 30.1 Å². The normalized spacial score (nSPS) is 12.1. The van der Waals surface area contributed by atoms with Crippen LogP contribution < -0.4 is 5.32 Å². The van der Waals surface area contributed by atoms with Gasteiger partial charge in [0, 0.05) is 0 Å². The van der Waals surface area contributed by atoms with Crippen LogP contribution in [-0.2, 0) is 4.79 Å². The lowest BCUT2D eigenvalue weighted by Gasteiger charge is -2.15. The molecule has 3 nitrogen and oxygen atoms in total. The van der Waals surface area contributed by atoms with Gasteiger partial charge in [-0.2, -0.15) is 5.26 Å². The van der Waals surface area contributed by atoms with Crippen molar-refractivity contribution < 1.29 is 4.79 Å². The number of rotatable bonds is 3. The summed E-state index contributed by atoms with van der Waals surface area (Å²) < 4.78 is 0. The number of amides is 1. The maximum Gasteiger partial charge on any atom is 0.242 e. The third-order valence-electron chi connectivity index (χ3n) is 2.62. The second-order valence-corrected chi connectivity index (χ2v) is 5.18. The summed E-state index contributed by atoms with van der Waals surface area (Å²) in [5.41, 5.74) is 1.18. The highest BCUT2D eigenvalue weighted by Gasteiger charge is 2.23. The van der Waals surface area contributed by atoms with Crippen molar-refractivity contribution in [3.63, 3.8) is 0 Å². The summed E-state index contributed by atoms with van der Waals surface area (Å²) in [5.74, 6) is -1.18. The van der Waals surface area contributed by atoms with Crippen molar-refractivity contribution in [1.82, 2.24) is 0 Å². The molecule has 96 valence electrons. The van der Waals surface area contributed by atoms with E-state index in [0.29, 0.717) is 15.7 Å². The fraction of sp³-hybridized carbons (Fsp3) is 0.385. The number of carbonyl (C=O) groups is 1. The molecule has 0 saturated carbocycles. The maximum absolute atomic E-state index is 11.9. The van der Waals surface area contributed by atoms with Gasteiger partial charge < -0.3 is 5.32 Å². The zero-order valence-electron chi connectivity index (χ0n) is 10.4. The van der Waals surface area contributed by atoms with E-state index in [9.17, 15) is 4.79 Å². The quantitative estimate of drug-likeness (QED) is 0.911. The summed E-state index contributed by atoms with van der Waals surface area (Å²) in [6.45, 7) is 5.44. The summed E-state index contributed by atoms with van der Waals surface area (Å²) in [7, 11) is 0. The molecule has 1 amide bonds. The Morgan fingerprint density at radius 2 is 2.00 bits per heavy atom. The Morgan fingerprint density at radius 1 is 1.39 bits per heavy atom. The van der Waals surface area contributed by atoms with Crippen molar-refractivity contribution in [2.75, 3.05) is 5.32 Å². The maximum atomic E-state index is 11.9. The highest BCUT2D eigenvalue weighted by atomic mass is 35.5. The zero-order valence-corrected chi connectivity index (χ0v) is 11.9. The third-order valence-corrected chi connectivity index (χ3v) is 3.42. The summed E-state index contributed by atoms with van der Waals surface area (Å²) in [5, 5.41) is 12.3. The summed E-state index contributed by atoms with van der Waals surface area (Å²) in [6, 6.07) is 5.41. The smallest absolute Gasteiger partial charge is 0.242 e. The fourth-order valence-electron chi connectivity index (χ4n) is 1.48. The number of carbonyl (C=O) groups excluding carboxylic acids is 1. The van der Waals surface area contributed by atoms with Crippen molar-refractivity contribution in [3.8, 4) is 6.07 Å². The molecule has 1 unspecified atom stereocenters. The average molecular weight is 285 g/mol. The number of nitrogens with zero attached hydrogens (tertiary/aromatic N) is 1. The van der Waals surface area contributed by atoms with Crippen LogP contribution in [0.15, 0.2) is 12.1 Å². The van der Waals surface area contributed by atoms with E-state index in [1.54, 1.807) is 12.1 Å². The van der Waals surface area contributed by atoms with E-state index < -0.39 is 5.92 Å². The summed E-state index contributed by atoms with van der Waals surface area (Å²) in [6.07, 6.45) is 0. The minimum Gasteiger partial charge on any atom is -0.322 e. The van der Waals surface area contributed by atoms with Gasteiger partial charge in [0.05, 0.1) is 21.8 Å². The van der Waals surface area contributed by atoms with Gasteiger partial charge in [0.2, 0.25) is 5.91 Å². The molecule has 1 aromatic carbocycles. The predicted molar refractivity (Wildman–Crippen MR) is 73.8 cm³/mol. The molecule has 0 saturated heterocycles. The molecule has 18 heavy (non-hydrogen) atoms. The minimum absolute atomic E-state index is 0.0719. The number of hydrogen-bond acceptors (Lipinski definition) is 2. The van der Waals surface area contributed by atoms with E-state index in [1.807, 2.05) is 26.8 Å². The van der Waals surface area contributed by atoms with Crippen LogP contribution in [-0.4, -0.2) is 5.91 Å². The molecular weight excluding hydrogens is 271 g/mol. The molecule has 5 heteroatoms. The Morgan fingerprint density at radius 3 is 2.50 bits per heavy atom. The van der Waals surface area contributed by atoms with Crippen LogP contribution in [0.4, 0.5) is 5.69 Å². The number of halogens is 2. The minimum atomic E-state index is -0.724. The van der Waals surface area contributed by atoms with Gasteiger partial charge in [0.1, 0.15) is 5.92 Å². The van der Waals surface area contributed by atoms with E-state index in [0.717, 1.165) is 5.56 Å². The first kappa shape index (κ1) is 14.8. The molecule has 0 heterocycles. The summed E-state index contributed by atoms with van der Waals surface area (Å²) >= 11 is 12.1. The van der Waals surface area contributed by atoms with Crippen molar-refractivity contribution in [2.24, 2.45) is 11.8 Å². The van der Waals surface area contributed by atoms with Crippen LogP contribution in [0.1, 0.15) is 19.4 Å². The van der Waals surface area contributed by atoms with E-state index >= 15 is 0 Å². The topological polar surface area (TPSA) is 52.9 Å². The van der Waals surface area contributed by atoms with E-state index in [4.69, 9.17) is 28.5 Å². The molecule has 0 aliphatic rings. The monoisotopic (exact) mass is 284 g/mol. The molecule has 0 aliphatic carbocycles. The Hall–Kier alpha value is -1.24. The van der Waals surface area contributed by atoms with Gasteiger partial charge in [-0.05, 0) is 24.5 Å². The summed E-state index contributed by atoms with van der Waals surface area (Å²) in [4.78, 5) is 11.9. The Balaban J connectivity index is 3.03. The Kier molecular flexibility index (Phi) is 5.01. The number of benzene rings is 1. The van der Waals surface area contributed by atoms with Crippen LogP contribution in [0.25, 0.3) is 0 Å². The zero-order chi connectivity index (χ0) is 13.9. The van der Waals surface area contributed by atoms with Crippen LogP contribution in [0.3, 0.4) is 0 Å². The molecule has 0 radical (unpaired) electrons. The van der Waals surface area contributed by atoms with Gasteiger partial charge in [0.25, 0.3) is 0 Å². The lowest BCUT2D eigenvalue weighted by molar-refractivity contribution is -0.119. The van der Waals surface area contributed by atoms with Crippen molar-refractivity contribution in [3.05, 3.63) is 27.7 Å². The second kappa shape index (κ2) is 6.08. The van der Waals surface area contributed by atoms with Crippen molar-refractivity contribution in [2.45, 2.75) is 20.8 Å². The third kappa shape index (κ3) is 3.16. The Labute approximate surface area is 117 Å². The molecule has 1 N–H and O–H groups in total. The predicted octanol–water partition coefficient (Wildman–Crippen LogP) is 4.04. The molecular formula is C13H14Cl2N2O. The fourth-order valence-corrected chi connectivity index (χ4v) is 1.95.